The second-order valence-corrected chi connectivity index (χ2v) is 6.25. The van der Waals surface area contributed by atoms with Gasteiger partial charge in [-0.2, -0.15) is 0 Å². The van der Waals surface area contributed by atoms with E-state index in [9.17, 15) is 4.39 Å². The number of fused-ring (bicyclic) bond motifs is 1. The number of hydrogen-bond donors (Lipinski definition) is 2. The lowest BCUT2D eigenvalue weighted by Gasteiger charge is -2.23. The molecular weight excluding hydrogens is 317 g/mol. The lowest BCUT2D eigenvalue weighted by Crippen LogP contribution is -2.34. The van der Waals surface area contributed by atoms with E-state index in [0.29, 0.717) is 11.6 Å². The van der Waals surface area contributed by atoms with E-state index in [1.54, 1.807) is 12.3 Å². The number of rotatable bonds is 4. The maximum absolute atomic E-state index is 13.4. The first-order chi connectivity index (χ1) is 12.3. The number of nitrogens with zero attached hydrogens (tertiary/aromatic N) is 1. The zero-order chi connectivity index (χ0) is 17.1. The lowest BCUT2D eigenvalue weighted by molar-refractivity contribution is 0.158. The molecule has 0 saturated carbocycles. The van der Waals surface area contributed by atoms with E-state index in [1.807, 2.05) is 30.3 Å². The van der Waals surface area contributed by atoms with Crippen LogP contribution in [-0.2, 0) is 0 Å². The fourth-order valence-electron chi connectivity index (χ4n) is 3.12. The molecule has 0 atom stereocenters. The fourth-order valence-corrected chi connectivity index (χ4v) is 3.12. The Hall–Kier alpha value is -2.66. The minimum absolute atomic E-state index is 0.194. The minimum Gasteiger partial charge on any atom is -0.474 e. The normalized spacial score (nSPS) is 15.2. The Bertz CT molecular complexity index is 878. The summed E-state index contributed by atoms with van der Waals surface area (Å²) >= 11 is 0. The molecule has 0 amide bonds. The van der Waals surface area contributed by atoms with E-state index in [1.165, 1.54) is 12.1 Å². The van der Waals surface area contributed by atoms with Crippen LogP contribution in [0.5, 0.6) is 5.88 Å². The van der Waals surface area contributed by atoms with Crippen molar-refractivity contribution in [3.05, 3.63) is 60.5 Å². The van der Waals surface area contributed by atoms with Crippen molar-refractivity contribution in [3.63, 3.8) is 0 Å². The smallest absolute Gasteiger partial charge is 0.221 e. The summed E-state index contributed by atoms with van der Waals surface area (Å²) in [5.74, 6) is 0.398. The van der Waals surface area contributed by atoms with Gasteiger partial charge in [-0.1, -0.05) is 12.1 Å². The summed E-state index contributed by atoms with van der Waals surface area (Å²) in [4.78, 5) is 4.43. The molecule has 3 aromatic rings. The maximum atomic E-state index is 13.4. The Morgan fingerprint density at radius 1 is 1.04 bits per heavy atom. The van der Waals surface area contributed by atoms with Crippen LogP contribution in [-0.4, -0.2) is 24.2 Å². The summed E-state index contributed by atoms with van der Waals surface area (Å²) < 4.78 is 19.5. The number of pyridine rings is 1. The highest BCUT2D eigenvalue weighted by atomic mass is 19.1. The number of ether oxygens (including phenoxy) is 1. The second kappa shape index (κ2) is 7.07. The molecule has 128 valence electrons. The molecule has 0 radical (unpaired) electrons. The van der Waals surface area contributed by atoms with E-state index >= 15 is 0 Å². The van der Waals surface area contributed by atoms with Crippen LogP contribution < -0.4 is 15.4 Å². The third-order valence-electron chi connectivity index (χ3n) is 4.41. The zero-order valence-electron chi connectivity index (χ0n) is 13.8. The predicted molar refractivity (Wildman–Crippen MR) is 97.9 cm³/mol. The molecule has 5 heteroatoms. The Kier molecular flexibility index (Phi) is 4.48. The van der Waals surface area contributed by atoms with Crippen molar-refractivity contribution in [2.75, 3.05) is 18.4 Å². The quantitative estimate of drug-likeness (QED) is 0.747. The monoisotopic (exact) mass is 337 g/mol. The third-order valence-corrected chi connectivity index (χ3v) is 4.41. The van der Waals surface area contributed by atoms with Gasteiger partial charge in [0.25, 0.3) is 0 Å². The van der Waals surface area contributed by atoms with E-state index in [4.69, 9.17) is 4.74 Å². The zero-order valence-corrected chi connectivity index (χ0v) is 13.8. The number of aromatic nitrogens is 1. The van der Waals surface area contributed by atoms with E-state index in [-0.39, 0.29) is 11.9 Å². The molecule has 2 aromatic carbocycles. The van der Waals surface area contributed by atoms with Crippen molar-refractivity contribution >= 4 is 22.1 Å². The van der Waals surface area contributed by atoms with Gasteiger partial charge in [0.2, 0.25) is 5.88 Å². The van der Waals surface area contributed by atoms with Gasteiger partial charge < -0.3 is 15.4 Å². The Labute approximate surface area is 146 Å². The molecule has 1 aromatic heterocycles. The molecule has 0 bridgehead atoms. The Morgan fingerprint density at radius 2 is 1.88 bits per heavy atom. The van der Waals surface area contributed by atoms with Gasteiger partial charge in [0.1, 0.15) is 11.9 Å². The molecule has 2 heterocycles. The van der Waals surface area contributed by atoms with Crippen LogP contribution in [0.3, 0.4) is 0 Å². The standard InChI is InChI=1S/C20H20FN3O/c21-15-2-1-3-16(12-15)24-17-5-4-14-6-11-23-20(19(14)13-17)25-18-7-9-22-10-8-18/h1-6,11-13,18,22,24H,7-10H2. The number of hydrogen-bond acceptors (Lipinski definition) is 4. The lowest BCUT2D eigenvalue weighted by atomic mass is 10.1. The molecule has 1 fully saturated rings. The van der Waals surface area contributed by atoms with Gasteiger partial charge in [-0.05, 0) is 67.7 Å². The van der Waals surface area contributed by atoms with Crippen molar-refractivity contribution in [2.24, 2.45) is 0 Å². The summed E-state index contributed by atoms with van der Waals surface area (Å²) in [6.45, 7) is 1.95. The Balaban J connectivity index is 1.62. The molecular formula is C20H20FN3O. The van der Waals surface area contributed by atoms with Crippen LogP contribution in [0, 0.1) is 5.82 Å². The van der Waals surface area contributed by atoms with Crippen LogP contribution in [0.4, 0.5) is 15.8 Å². The summed E-state index contributed by atoms with van der Waals surface area (Å²) in [6.07, 6.45) is 3.94. The third kappa shape index (κ3) is 3.72. The van der Waals surface area contributed by atoms with Crippen molar-refractivity contribution < 1.29 is 9.13 Å². The van der Waals surface area contributed by atoms with Crippen LogP contribution >= 0.6 is 0 Å². The highest BCUT2D eigenvalue weighted by molar-refractivity contribution is 5.90. The predicted octanol–water partition coefficient (Wildman–Crippen LogP) is 4.25. The first-order valence-electron chi connectivity index (χ1n) is 8.57. The number of benzene rings is 2. The van der Waals surface area contributed by atoms with Crippen molar-refractivity contribution in [2.45, 2.75) is 18.9 Å². The van der Waals surface area contributed by atoms with Gasteiger partial charge in [-0.25, -0.2) is 9.37 Å². The van der Waals surface area contributed by atoms with Crippen molar-refractivity contribution in [1.29, 1.82) is 0 Å². The number of anilines is 2. The van der Waals surface area contributed by atoms with Crippen LogP contribution in [0.25, 0.3) is 10.8 Å². The average molecular weight is 337 g/mol. The Morgan fingerprint density at radius 3 is 2.72 bits per heavy atom. The largest absolute Gasteiger partial charge is 0.474 e. The van der Waals surface area contributed by atoms with Crippen LogP contribution in [0.1, 0.15) is 12.8 Å². The van der Waals surface area contributed by atoms with Crippen LogP contribution in [0.2, 0.25) is 0 Å². The second-order valence-electron chi connectivity index (χ2n) is 6.25. The maximum Gasteiger partial charge on any atom is 0.221 e. The first kappa shape index (κ1) is 15.8. The summed E-state index contributed by atoms with van der Waals surface area (Å²) in [6, 6.07) is 14.4. The molecule has 2 N–H and O–H groups in total. The van der Waals surface area contributed by atoms with Gasteiger partial charge in [0, 0.05) is 23.0 Å². The van der Waals surface area contributed by atoms with E-state index in [0.717, 1.165) is 42.4 Å². The molecule has 0 unspecified atom stereocenters. The van der Waals surface area contributed by atoms with Gasteiger partial charge >= 0.3 is 0 Å². The first-order valence-corrected chi connectivity index (χ1v) is 8.57. The van der Waals surface area contributed by atoms with E-state index in [2.05, 4.69) is 15.6 Å². The molecule has 25 heavy (non-hydrogen) atoms. The molecule has 1 aliphatic rings. The van der Waals surface area contributed by atoms with E-state index < -0.39 is 0 Å². The molecule has 4 nitrogen and oxygen atoms in total. The number of nitrogens with one attached hydrogen (secondary N) is 2. The molecule has 4 rings (SSSR count). The molecule has 0 spiro atoms. The van der Waals surface area contributed by atoms with Crippen molar-refractivity contribution in [1.82, 2.24) is 10.3 Å². The van der Waals surface area contributed by atoms with Gasteiger partial charge in [-0.15, -0.1) is 0 Å². The topological polar surface area (TPSA) is 46.2 Å². The van der Waals surface area contributed by atoms with Crippen molar-refractivity contribution in [3.8, 4) is 5.88 Å². The number of piperidine rings is 1. The summed E-state index contributed by atoms with van der Waals surface area (Å²) in [7, 11) is 0. The highest BCUT2D eigenvalue weighted by Crippen LogP contribution is 2.29. The molecule has 1 saturated heterocycles. The molecule has 1 aliphatic heterocycles. The summed E-state index contributed by atoms with van der Waals surface area (Å²) in [5, 5.41) is 8.61. The summed E-state index contributed by atoms with van der Waals surface area (Å²) in [5.41, 5.74) is 1.59. The minimum atomic E-state index is -0.262. The van der Waals surface area contributed by atoms with Gasteiger partial charge in [-0.3, -0.25) is 0 Å². The SMILES string of the molecule is Fc1cccc(Nc2ccc3ccnc(OC4CCNCC4)c3c2)c1. The average Bonchev–Trinajstić information content (AvgIpc) is 2.63. The van der Waals surface area contributed by atoms with Crippen LogP contribution in [0.15, 0.2) is 54.7 Å². The number of halogens is 1. The molecule has 0 aliphatic carbocycles. The fraction of sp³-hybridized carbons (Fsp3) is 0.250. The highest BCUT2D eigenvalue weighted by Gasteiger charge is 2.16. The van der Waals surface area contributed by atoms with Gasteiger partial charge in [0.05, 0.1) is 0 Å². The van der Waals surface area contributed by atoms with Gasteiger partial charge in [0.15, 0.2) is 0 Å².